The summed E-state index contributed by atoms with van der Waals surface area (Å²) >= 11 is 6.47. The Morgan fingerprint density at radius 1 is 1.17 bits per heavy atom. The fourth-order valence-corrected chi connectivity index (χ4v) is 5.19. The predicted octanol–water partition coefficient (Wildman–Crippen LogP) is 4.14. The minimum absolute atomic E-state index is 0.0841. The van der Waals surface area contributed by atoms with Gasteiger partial charge in [-0.15, -0.1) is 0 Å². The van der Waals surface area contributed by atoms with Gasteiger partial charge in [-0.1, -0.05) is 48.0 Å². The van der Waals surface area contributed by atoms with Crippen LogP contribution in [0.15, 0.2) is 59.7 Å². The van der Waals surface area contributed by atoms with Crippen molar-refractivity contribution >= 4 is 34.7 Å². The van der Waals surface area contributed by atoms with Crippen molar-refractivity contribution in [3.63, 3.8) is 0 Å². The lowest BCUT2D eigenvalue weighted by atomic mass is 9.65. The van der Waals surface area contributed by atoms with Crippen LogP contribution in [-0.4, -0.2) is 28.8 Å². The van der Waals surface area contributed by atoms with Crippen molar-refractivity contribution in [2.45, 2.75) is 42.9 Å². The van der Waals surface area contributed by atoms with Gasteiger partial charge in [0.25, 0.3) is 0 Å². The van der Waals surface area contributed by atoms with E-state index < -0.39 is 17.2 Å². The van der Waals surface area contributed by atoms with Gasteiger partial charge >= 0.3 is 0 Å². The van der Waals surface area contributed by atoms with Crippen LogP contribution in [0.5, 0.6) is 0 Å². The number of fused-ring (bicyclic) bond motifs is 3. The number of rotatable bonds is 4. The number of hydrogen-bond donors (Lipinski definition) is 2. The van der Waals surface area contributed by atoms with Gasteiger partial charge in [-0.05, 0) is 43.4 Å². The molecule has 2 aliphatic rings. The number of nitrogens with two attached hydrogens (primary N) is 1. The smallest absolute Gasteiger partial charge is 0.210 e. The highest BCUT2D eigenvalue weighted by Gasteiger charge is 2.60. The van der Waals surface area contributed by atoms with Crippen molar-refractivity contribution in [2.24, 2.45) is 10.7 Å². The number of aromatic amines is 1. The first-order chi connectivity index (χ1) is 14.1. The summed E-state index contributed by atoms with van der Waals surface area (Å²) in [5.41, 5.74) is 7.43. The topological polar surface area (TPSA) is 80.5 Å². The van der Waals surface area contributed by atoms with Crippen LogP contribution in [0.25, 0.3) is 10.9 Å². The number of hydrogen-bond acceptors (Lipinski definition) is 4. The average molecular weight is 408 g/mol. The number of ether oxygens (including phenoxy) is 1. The summed E-state index contributed by atoms with van der Waals surface area (Å²) in [4.78, 5) is 21.7. The van der Waals surface area contributed by atoms with Crippen LogP contribution in [0.3, 0.4) is 0 Å². The zero-order valence-corrected chi connectivity index (χ0v) is 16.7. The van der Waals surface area contributed by atoms with Crippen molar-refractivity contribution in [3.05, 3.63) is 70.9 Å². The quantitative estimate of drug-likeness (QED) is 0.682. The Kier molecular flexibility index (Phi) is 4.26. The summed E-state index contributed by atoms with van der Waals surface area (Å²) in [6.45, 7) is 0. The maximum absolute atomic E-state index is 13.9. The average Bonchev–Trinajstić information content (AvgIpc) is 3.12. The van der Waals surface area contributed by atoms with Gasteiger partial charge in [-0.25, -0.2) is 4.99 Å². The molecule has 5 rings (SSSR count). The van der Waals surface area contributed by atoms with Crippen molar-refractivity contribution in [2.75, 3.05) is 0 Å². The molecule has 3 aromatic rings. The van der Waals surface area contributed by atoms with Crippen molar-refractivity contribution in [1.29, 1.82) is 0 Å². The van der Waals surface area contributed by atoms with E-state index in [4.69, 9.17) is 22.1 Å². The van der Waals surface area contributed by atoms with Gasteiger partial charge < -0.3 is 15.5 Å². The van der Waals surface area contributed by atoms with E-state index in [0.29, 0.717) is 24.3 Å². The number of carbonyl (C=O) groups is 1. The molecule has 5 nitrogen and oxygen atoms in total. The number of halogens is 1. The lowest BCUT2D eigenvalue weighted by Crippen LogP contribution is -2.66. The molecule has 1 aliphatic carbocycles. The molecule has 2 heterocycles. The number of benzene rings is 2. The molecule has 1 aliphatic heterocycles. The van der Waals surface area contributed by atoms with E-state index in [1.807, 2.05) is 42.6 Å². The van der Waals surface area contributed by atoms with Crippen LogP contribution >= 0.6 is 11.6 Å². The van der Waals surface area contributed by atoms with Crippen molar-refractivity contribution in [3.8, 4) is 0 Å². The van der Waals surface area contributed by atoms with E-state index in [9.17, 15) is 4.79 Å². The Balaban J connectivity index is 1.54. The van der Waals surface area contributed by atoms with Gasteiger partial charge in [0.2, 0.25) is 5.78 Å². The Bertz CT molecular complexity index is 1120. The molecule has 2 aromatic carbocycles. The number of Topliss-reactive ketones (excluding diaryl/α,β-unsaturated/α-hetero) is 1. The first kappa shape index (κ1) is 18.4. The van der Waals surface area contributed by atoms with E-state index >= 15 is 0 Å². The van der Waals surface area contributed by atoms with Crippen LogP contribution in [0.2, 0.25) is 5.02 Å². The molecule has 3 atom stereocenters. The standard InChI is InChI=1S/C23H22ClN3O2/c24-18-8-3-2-7-17(18)22-10-5-11-23(21(22)28,29-14-27-22)20(25)12-15-13-26-19-9-4-1-6-16(15)19/h1-4,6-9,13-14,20,26H,5,10-12,25H2/t20-,22-,23-/m0/s1. The SMILES string of the molecule is N[C@@H](Cc1c[nH]c2ccccc12)[C@]12CCC[C@@](c3ccccc3Cl)(N=CO1)C2=O. The van der Waals surface area contributed by atoms with E-state index in [1.165, 1.54) is 6.40 Å². The van der Waals surface area contributed by atoms with Crippen LogP contribution in [0.1, 0.15) is 30.4 Å². The molecule has 6 heteroatoms. The molecule has 29 heavy (non-hydrogen) atoms. The molecular weight excluding hydrogens is 386 g/mol. The molecule has 3 N–H and O–H groups in total. The molecule has 0 saturated heterocycles. The summed E-state index contributed by atoms with van der Waals surface area (Å²) in [6, 6.07) is 15.0. The van der Waals surface area contributed by atoms with Gasteiger partial charge in [0.05, 0.1) is 6.04 Å². The maximum Gasteiger partial charge on any atom is 0.210 e. The van der Waals surface area contributed by atoms with Gasteiger partial charge in [-0.3, -0.25) is 4.79 Å². The second-order valence-corrected chi connectivity index (χ2v) is 8.34. The van der Waals surface area contributed by atoms with E-state index in [0.717, 1.165) is 28.5 Å². The monoisotopic (exact) mass is 407 g/mol. The first-order valence-electron chi connectivity index (χ1n) is 9.89. The molecular formula is C23H22ClN3O2. The molecule has 148 valence electrons. The Hall–Kier alpha value is -2.63. The number of aromatic nitrogens is 1. The molecule has 1 saturated carbocycles. The molecule has 1 fully saturated rings. The minimum atomic E-state index is -1.10. The summed E-state index contributed by atoms with van der Waals surface area (Å²) in [7, 11) is 0. The number of carbonyl (C=O) groups excluding carboxylic acids is 1. The van der Waals surface area contributed by atoms with Crippen molar-refractivity contribution in [1.82, 2.24) is 4.98 Å². The molecule has 0 spiro atoms. The summed E-state index contributed by atoms with van der Waals surface area (Å²) < 4.78 is 5.94. The lowest BCUT2D eigenvalue weighted by molar-refractivity contribution is -0.151. The summed E-state index contributed by atoms with van der Waals surface area (Å²) in [5, 5.41) is 1.66. The maximum atomic E-state index is 13.9. The van der Waals surface area contributed by atoms with Gasteiger partial charge in [0.1, 0.15) is 0 Å². The van der Waals surface area contributed by atoms with Gasteiger partial charge in [-0.2, -0.15) is 0 Å². The number of nitrogens with zero attached hydrogens (tertiary/aromatic N) is 1. The summed E-state index contributed by atoms with van der Waals surface area (Å²) in [6.07, 6.45) is 5.88. The number of H-pyrrole nitrogens is 1. The van der Waals surface area contributed by atoms with E-state index in [2.05, 4.69) is 16.0 Å². The molecule has 0 radical (unpaired) electrons. The number of aliphatic imine (C=N–C) groups is 1. The van der Waals surface area contributed by atoms with Crippen molar-refractivity contribution < 1.29 is 9.53 Å². The second-order valence-electron chi connectivity index (χ2n) is 7.93. The van der Waals surface area contributed by atoms with Crippen LogP contribution in [0, 0.1) is 0 Å². The number of nitrogens with one attached hydrogen (secondary N) is 1. The third kappa shape index (κ3) is 2.65. The highest BCUT2D eigenvalue weighted by molar-refractivity contribution is 6.32. The minimum Gasteiger partial charge on any atom is -0.468 e. The van der Waals surface area contributed by atoms with Crippen LogP contribution < -0.4 is 5.73 Å². The Morgan fingerprint density at radius 3 is 2.83 bits per heavy atom. The molecule has 1 aromatic heterocycles. The van der Waals surface area contributed by atoms with E-state index in [1.54, 1.807) is 6.07 Å². The van der Waals surface area contributed by atoms with E-state index in [-0.39, 0.29) is 5.78 Å². The second kappa shape index (κ2) is 6.71. The first-order valence-corrected chi connectivity index (χ1v) is 10.3. The molecule has 2 bridgehead atoms. The zero-order valence-electron chi connectivity index (χ0n) is 15.9. The Morgan fingerprint density at radius 2 is 1.97 bits per heavy atom. The van der Waals surface area contributed by atoms with Crippen LogP contribution in [-0.2, 0) is 21.5 Å². The largest absolute Gasteiger partial charge is 0.468 e. The predicted molar refractivity (Wildman–Crippen MR) is 114 cm³/mol. The molecule has 0 unspecified atom stereocenters. The fraction of sp³-hybridized carbons (Fsp3) is 0.304. The highest BCUT2D eigenvalue weighted by atomic mass is 35.5. The Labute approximate surface area is 173 Å². The molecule has 0 amide bonds. The third-order valence-corrected chi connectivity index (χ3v) is 6.75. The zero-order chi connectivity index (χ0) is 20.1. The third-order valence-electron chi connectivity index (χ3n) is 6.42. The highest BCUT2D eigenvalue weighted by Crippen LogP contribution is 2.48. The normalized spacial score (nSPS) is 27.0. The lowest BCUT2D eigenvalue weighted by Gasteiger charge is -2.49. The van der Waals surface area contributed by atoms with Gasteiger partial charge in [0.15, 0.2) is 17.5 Å². The fourth-order valence-electron chi connectivity index (χ4n) is 4.90. The van der Waals surface area contributed by atoms with Gasteiger partial charge in [0, 0.05) is 27.7 Å². The number of ketones is 1. The number of para-hydroxylation sites is 1. The van der Waals surface area contributed by atoms with Crippen LogP contribution in [0.4, 0.5) is 0 Å². The summed E-state index contributed by atoms with van der Waals surface area (Å²) in [5.74, 6) is -0.0841.